The zero-order valence-electron chi connectivity index (χ0n) is 18.9. The quantitative estimate of drug-likeness (QED) is 0.395. The van der Waals surface area contributed by atoms with Gasteiger partial charge in [-0.25, -0.2) is 9.97 Å². The number of aromatic amines is 1. The number of hydrogen-bond donors (Lipinski definition) is 1. The van der Waals surface area contributed by atoms with E-state index in [1.54, 1.807) is 6.26 Å². The first kappa shape index (κ1) is 20.2. The lowest BCUT2D eigenvalue weighted by Crippen LogP contribution is -2.56. The number of fused-ring (bicyclic) bond motifs is 5. The molecule has 7 rings (SSSR count). The molecule has 0 bridgehead atoms. The number of nitrogens with zero attached hydrogens (tertiary/aromatic N) is 4. The Hall–Kier alpha value is -4.17. The third-order valence-corrected chi connectivity index (χ3v) is 7.10. The molecule has 0 amide bonds. The van der Waals surface area contributed by atoms with Gasteiger partial charge in [0.1, 0.15) is 17.9 Å². The summed E-state index contributed by atoms with van der Waals surface area (Å²) in [5, 5.41) is 2.01. The maximum atomic E-state index is 12.5. The first-order valence-corrected chi connectivity index (χ1v) is 11.8. The van der Waals surface area contributed by atoms with Gasteiger partial charge in [0.2, 0.25) is 0 Å². The van der Waals surface area contributed by atoms with Crippen LogP contribution in [0, 0.1) is 0 Å². The van der Waals surface area contributed by atoms with Crippen LogP contribution in [0.4, 0.5) is 11.5 Å². The number of carbonyl (C=O) groups is 1. The molecule has 2 aliphatic heterocycles. The summed E-state index contributed by atoms with van der Waals surface area (Å²) < 4.78 is 11.6. The highest BCUT2D eigenvalue weighted by Crippen LogP contribution is 2.41. The molecule has 35 heavy (non-hydrogen) atoms. The van der Waals surface area contributed by atoms with Gasteiger partial charge >= 0.3 is 0 Å². The monoisotopic (exact) mass is 465 g/mol. The summed E-state index contributed by atoms with van der Waals surface area (Å²) in [4.78, 5) is 30.0. The molecule has 2 unspecified atom stereocenters. The molecule has 8 nitrogen and oxygen atoms in total. The number of nitrogens with one attached hydrogen (secondary N) is 1. The predicted octanol–water partition coefficient (Wildman–Crippen LogP) is 4.34. The SMILES string of the molecule is O=CC(c1coc2ccccc12)N1CC2COCCN2c2nc(-c3cccc4[nH]ccc34)ncc21. The van der Waals surface area contributed by atoms with E-state index in [4.69, 9.17) is 19.1 Å². The van der Waals surface area contributed by atoms with Crippen molar-refractivity contribution in [3.8, 4) is 11.4 Å². The molecule has 1 N–H and O–H groups in total. The Morgan fingerprint density at radius 1 is 1.11 bits per heavy atom. The molecule has 0 radical (unpaired) electrons. The van der Waals surface area contributed by atoms with Crippen molar-refractivity contribution in [2.75, 3.05) is 36.1 Å². The number of rotatable bonds is 4. The molecule has 0 aliphatic carbocycles. The number of aromatic nitrogens is 3. The van der Waals surface area contributed by atoms with Gasteiger partial charge in [-0.2, -0.15) is 0 Å². The number of ether oxygens (including phenoxy) is 1. The molecule has 2 aromatic carbocycles. The van der Waals surface area contributed by atoms with Crippen LogP contribution in [-0.4, -0.2) is 53.6 Å². The highest BCUT2D eigenvalue weighted by molar-refractivity contribution is 5.94. The Morgan fingerprint density at radius 2 is 2.06 bits per heavy atom. The second kappa shape index (κ2) is 7.95. The lowest BCUT2D eigenvalue weighted by molar-refractivity contribution is -0.109. The lowest BCUT2D eigenvalue weighted by atomic mass is 10.0. The van der Waals surface area contributed by atoms with Crippen LogP contribution in [0.5, 0.6) is 0 Å². The van der Waals surface area contributed by atoms with Crippen molar-refractivity contribution in [1.82, 2.24) is 15.0 Å². The minimum Gasteiger partial charge on any atom is -0.464 e. The molecule has 174 valence electrons. The Bertz CT molecular complexity index is 1560. The Kier molecular flexibility index (Phi) is 4.60. The van der Waals surface area contributed by atoms with E-state index in [-0.39, 0.29) is 6.04 Å². The zero-order chi connectivity index (χ0) is 23.4. The number of para-hydroxylation sites is 1. The normalized spacial score (nSPS) is 18.5. The van der Waals surface area contributed by atoms with Crippen molar-refractivity contribution >= 4 is 39.7 Å². The Balaban J connectivity index is 1.38. The minimum atomic E-state index is -0.524. The highest BCUT2D eigenvalue weighted by atomic mass is 16.5. The predicted molar refractivity (Wildman–Crippen MR) is 134 cm³/mol. The number of H-pyrrole nitrogens is 1. The largest absolute Gasteiger partial charge is 0.464 e. The molecule has 5 heterocycles. The average Bonchev–Trinajstić information content (AvgIpc) is 3.56. The molecular formula is C27H23N5O3. The van der Waals surface area contributed by atoms with Crippen molar-refractivity contribution in [3.05, 3.63) is 72.8 Å². The van der Waals surface area contributed by atoms with Gasteiger partial charge < -0.3 is 28.7 Å². The number of anilines is 2. The fourth-order valence-electron chi connectivity index (χ4n) is 5.41. The standard InChI is InChI=1S/C27H23N5O3/c33-14-24(21-16-35-25-7-2-1-4-19(21)25)32-13-17-15-34-11-10-31(17)27-23(32)12-29-26(30-27)20-5-3-6-22-18(20)8-9-28-22/h1-9,12,14,16-17,24,28H,10-11,13,15H2. The van der Waals surface area contributed by atoms with E-state index in [0.717, 1.165) is 57.3 Å². The molecular weight excluding hydrogens is 442 g/mol. The van der Waals surface area contributed by atoms with Crippen molar-refractivity contribution in [2.45, 2.75) is 12.1 Å². The van der Waals surface area contributed by atoms with Gasteiger partial charge in [0.15, 0.2) is 11.6 Å². The van der Waals surface area contributed by atoms with Crippen LogP contribution in [-0.2, 0) is 9.53 Å². The summed E-state index contributed by atoms with van der Waals surface area (Å²) in [7, 11) is 0. The van der Waals surface area contributed by atoms with Crippen LogP contribution in [0.15, 0.2) is 71.6 Å². The molecule has 5 aromatic rings. The van der Waals surface area contributed by atoms with Gasteiger partial charge in [0.05, 0.1) is 37.4 Å². The summed E-state index contributed by atoms with van der Waals surface area (Å²) in [6.07, 6.45) is 6.45. The molecule has 0 spiro atoms. The molecule has 2 atom stereocenters. The minimum absolute atomic E-state index is 0.0858. The fourth-order valence-corrected chi connectivity index (χ4v) is 5.41. The van der Waals surface area contributed by atoms with Gasteiger partial charge in [-0.1, -0.05) is 30.3 Å². The molecule has 3 aromatic heterocycles. The van der Waals surface area contributed by atoms with E-state index < -0.39 is 6.04 Å². The highest BCUT2D eigenvalue weighted by Gasteiger charge is 2.38. The van der Waals surface area contributed by atoms with E-state index in [0.29, 0.717) is 25.6 Å². The molecule has 8 heteroatoms. The topological polar surface area (TPSA) is 87.5 Å². The van der Waals surface area contributed by atoms with Crippen LogP contribution >= 0.6 is 0 Å². The number of hydrogen-bond acceptors (Lipinski definition) is 7. The van der Waals surface area contributed by atoms with Crippen molar-refractivity contribution in [1.29, 1.82) is 0 Å². The summed E-state index contributed by atoms with van der Waals surface area (Å²) in [5.74, 6) is 1.50. The van der Waals surface area contributed by atoms with E-state index in [1.165, 1.54) is 0 Å². The number of morpholine rings is 1. The number of carbonyl (C=O) groups excluding carboxylic acids is 1. The molecule has 0 saturated carbocycles. The van der Waals surface area contributed by atoms with Crippen LogP contribution in [0.2, 0.25) is 0 Å². The van der Waals surface area contributed by atoms with Crippen LogP contribution < -0.4 is 9.80 Å². The first-order chi connectivity index (χ1) is 17.3. The van der Waals surface area contributed by atoms with Crippen molar-refractivity contribution in [2.24, 2.45) is 0 Å². The number of aldehydes is 1. The smallest absolute Gasteiger partial charge is 0.162 e. The van der Waals surface area contributed by atoms with E-state index in [9.17, 15) is 4.79 Å². The van der Waals surface area contributed by atoms with E-state index in [2.05, 4.69) is 14.8 Å². The number of benzene rings is 2. The first-order valence-electron chi connectivity index (χ1n) is 11.8. The third kappa shape index (κ3) is 3.14. The molecule has 1 fully saturated rings. The van der Waals surface area contributed by atoms with E-state index in [1.807, 2.05) is 60.9 Å². The Morgan fingerprint density at radius 3 is 3.00 bits per heavy atom. The fraction of sp³-hybridized carbons (Fsp3) is 0.222. The van der Waals surface area contributed by atoms with Crippen molar-refractivity contribution in [3.63, 3.8) is 0 Å². The third-order valence-electron chi connectivity index (χ3n) is 7.10. The summed E-state index contributed by atoms with van der Waals surface area (Å²) in [6, 6.07) is 15.5. The maximum Gasteiger partial charge on any atom is 0.162 e. The van der Waals surface area contributed by atoms with Gasteiger partial charge in [-0.15, -0.1) is 0 Å². The van der Waals surface area contributed by atoms with Crippen LogP contribution in [0.3, 0.4) is 0 Å². The zero-order valence-corrected chi connectivity index (χ0v) is 18.9. The molecule has 2 aliphatic rings. The summed E-state index contributed by atoms with van der Waals surface area (Å²) >= 11 is 0. The average molecular weight is 466 g/mol. The van der Waals surface area contributed by atoms with Gasteiger partial charge in [-0.3, -0.25) is 0 Å². The number of furan rings is 1. The second-order valence-electron chi connectivity index (χ2n) is 8.99. The van der Waals surface area contributed by atoms with Crippen LogP contribution in [0.25, 0.3) is 33.3 Å². The van der Waals surface area contributed by atoms with E-state index >= 15 is 0 Å². The Labute approximate surface area is 201 Å². The summed E-state index contributed by atoms with van der Waals surface area (Å²) in [6.45, 7) is 2.61. The van der Waals surface area contributed by atoms with Gasteiger partial charge in [-0.05, 0) is 18.2 Å². The van der Waals surface area contributed by atoms with Gasteiger partial charge in [0, 0.05) is 46.7 Å². The van der Waals surface area contributed by atoms with Gasteiger partial charge in [0.25, 0.3) is 0 Å². The summed E-state index contributed by atoms with van der Waals surface area (Å²) in [5.41, 5.74) is 4.47. The molecule has 1 saturated heterocycles. The second-order valence-corrected chi connectivity index (χ2v) is 8.99. The van der Waals surface area contributed by atoms with Crippen molar-refractivity contribution < 1.29 is 13.9 Å². The maximum absolute atomic E-state index is 12.5. The lowest BCUT2D eigenvalue weighted by Gasteiger charge is -2.47. The van der Waals surface area contributed by atoms with Crippen LogP contribution in [0.1, 0.15) is 11.6 Å².